The van der Waals surface area contributed by atoms with E-state index in [1.165, 1.54) is 5.19 Å². The number of fused-ring (bicyclic) bond motifs is 3. The minimum atomic E-state index is -2.13. The van der Waals surface area contributed by atoms with Gasteiger partial charge >= 0.3 is 0 Å². The van der Waals surface area contributed by atoms with Gasteiger partial charge in [0.25, 0.3) is 0 Å². The van der Waals surface area contributed by atoms with Crippen molar-refractivity contribution in [3.63, 3.8) is 0 Å². The van der Waals surface area contributed by atoms with Gasteiger partial charge in [0.2, 0.25) is 0 Å². The summed E-state index contributed by atoms with van der Waals surface area (Å²) >= 11 is 0. The van der Waals surface area contributed by atoms with Gasteiger partial charge in [-0.3, -0.25) is 0 Å². The zero-order chi connectivity index (χ0) is 29.4. The van der Waals surface area contributed by atoms with Gasteiger partial charge in [-0.2, -0.15) is 0 Å². The van der Waals surface area contributed by atoms with Gasteiger partial charge in [0.1, 0.15) is 0 Å². The second kappa shape index (κ2) is 11.5. The van der Waals surface area contributed by atoms with Crippen LogP contribution in [0.1, 0.15) is 34.7 Å². The van der Waals surface area contributed by atoms with Crippen LogP contribution in [0.5, 0.6) is 0 Å². The van der Waals surface area contributed by atoms with Crippen LogP contribution in [0.4, 0.5) is 0 Å². The summed E-state index contributed by atoms with van der Waals surface area (Å²) in [6, 6.07) is 34.0. The predicted octanol–water partition coefficient (Wildman–Crippen LogP) is 8.26. The molecule has 5 aromatic rings. The van der Waals surface area contributed by atoms with E-state index < -0.39 is 14.9 Å². The molecule has 1 aliphatic carbocycles. The summed E-state index contributed by atoms with van der Waals surface area (Å²) < 4.78 is 23.7. The zero-order valence-corrected chi connectivity index (χ0v) is 26.4. The van der Waals surface area contributed by atoms with Crippen molar-refractivity contribution in [2.75, 3.05) is 0 Å². The Hall–Kier alpha value is -3.17. The molecule has 0 bridgehead atoms. The molecule has 0 saturated heterocycles. The van der Waals surface area contributed by atoms with Crippen molar-refractivity contribution in [1.29, 1.82) is 0 Å². The third kappa shape index (κ3) is 5.89. The van der Waals surface area contributed by atoms with Crippen LogP contribution < -0.4 is 5.19 Å². The van der Waals surface area contributed by atoms with E-state index in [0.717, 1.165) is 44.8 Å². The summed E-state index contributed by atoms with van der Waals surface area (Å²) in [6.45, 7) is 9.04. The van der Waals surface area contributed by atoms with E-state index in [-0.39, 0.29) is 25.5 Å². The molecule has 0 unspecified atom stereocenters. The van der Waals surface area contributed by atoms with Crippen molar-refractivity contribution in [3.05, 3.63) is 126 Å². The molecule has 4 heteroatoms. The molecular formula is C35H34IrN2Si-2. The van der Waals surface area contributed by atoms with Crippen molar-refractivity contribution in [2.45, 2.75) is 45.8 Å². The second-order valence-electron chi connectivity index (χ2n) is 11.2. The van der Waals surface area contributed by atoms with Gasteiger partial charge in [0, 0.05) is 47.6 Å². The summed E-state index contributed by atoms with van der Waals surface area (Å²) in [4.78, 5) is 9.12. The largest absolute Gasteiger partial charge is 0.305 e. The average Bonchev–Trinajstić information content (AvgIpc) is 3.19. The fourth-order valence-corrected chi connectivity index (χ4v) is 6.06. The summed E-state index contributed by atoms with van der Waals surface area (Å²) in [5, 5.41) is 1.40. The van der Waals surface area contributed by atoms with Crippen molar-refractivity contribution in [3.8, 4) is 33.6 Å². The Morgan fingerprint density at radius 2 is 1.41 bits per heavy atom. The van der Waals surface area contributed by atoms with Gasteiger partial charge in [-0.15, -0.1) is 71.8 Å². The molecule has 1 radical (unpaired) electrons. The Balaban J connectivity index is 0.000000207. The number of hydrogen-bond acceptors (Lipinski definition) is 2. The fourth-order valence-electron chi connectivity index (χ4n) is 5.02. The molecule has 0 amide bonds. The Kier molecular flexibility index (Phi) is 7.33. The Morgan fingerprint density at radius 1 is 0.744 bits per heavy atom. The molecule has 39 heavy (non-hydrogen) atoms. The quantitative estimate of drug-likeness (QED) is 0.140. The van der Waals surface area contributed by atoms with Crippen LogP contribution >= 0.6 is 0 Å². The molecule has 6 rings (SSSR count). The molecule has 0 saturated carbocycles. The van der Waals surface area contributed by atoms with E-state index in [1.54, 1.807) is 6.07 Å². The van der Waals surface area contributed by atoms with Crippen LogP contribution in [0.15, 0.2) is 97.3 Å². The third-order valence-electron chi connectivity index (χ3n) is 7.16. The molecule has 2 nitrogen and oxygen atoms in total. The zero-order valence-electron chi connectivity index (χ0n) is 26.0. The average molecular weight is 706 g/mol. The Labute approximate surface area is 252 Å². The number of rotatable bonds is 3. The Morgan fingerprint density at radius 3 is 1.97 bits per heavy atom. The maximum atomic E-state index is 7.91. The van der Waals surface area contributed by atoms with E-state index in [0.29, 0.717) is 5.56 Å². The van der Waals surface area contributed by atoms with Gasteiger partial charge in [-0.25, -0.2) is 0 Å². The van der Waals surface area contributed by atoms with Crippen LogP contribution in [0.2, 0.25) is 19.6 Å². The maximum absolute atomic E-state index is 7.91. The van der Waals surface area contributed by atoms with E-state index in [2.05, 4.69) is 73.8 Å². The normalized spacial score (nSPS) is 14.3. The van der Waals surface area contributed by atoms with Crippen LogP contribution in [0, 0.1) is 19.0 Å². The third-order valence-corrected chi connectivity index (χ3v) is 9.18. The summed E-state index contributed by atoms with van der Waals surface area (Å²) in [5.41, 5.74) is 7.90. The minimum Gasteiger partial charge on any atom is -0.305 e. The predicted molar refractivity (Wildman–Crippen MR) is 162 cm³/mol. The molecule has 0 N–H and O–H groups in total. The molecule has 2 aromatic heterocycles. The summed E-state index contributed by atoms with van der Waals surface area (Å²) in [7, 11) is -1.23. The first kappa shape index (κ1) is 24.8. The number of aromatic nitrogens is 2. The fraction of sp³-hybridized carbons (Fsp3) is 0.200. The molecule has 0 fully saturated rings. The topological polar surface area (TPSA) is 25.8 Å². The van der Waals surface area contributed by atoms with Crippen LogP contribution in [0.25, 0.3) is 33.6 Å². The van der Waals surface area contributed by atoms with Crippen molar-refractivity contribution in [1.82, 2.24) is 9.97 Å². The molecule has 0 aliphatic heterocycles. The molecule has 0 atom stereocenters. The second-order valence-corrected chi connectivity index (χ2v) is 16.3. The van der Waals surface area contributed by atoms with Crippen LogP contribution in [-0.2, 0) is 25.5 Å². The number of pyridine rings is 2. The van der Waals surface area contributed by atoms with Crippen molar-refractivity contribution in [2.24, 2.45) is 0 Å². The number of benzene rings is 3. The summed E-state index contributed by atoms with van der Waals surface area (Å²) in [6.07, 6.45) is 3.88. The standard InChI is InChI=1S/C21H18N.C14H16NSi.Ir/c1-14-8-7-11-16-17-13-22-19(15-9-5-4-6-10-15)12-18(17)21(2,3)20(14)16;1-16(2,3)13-9-10-14(15-11-13)12-7-5-4-6-8-12;/h4-9,11-13H,1-3H3;4-7,9-11H,1-3H3;/q2*-1;/i1D3;;. The van der Waals surface area contributed by atoms with Crippen LogP contribution in [0.3, 0.4) is 0 Å². The van der Waals surface area contributed by atoms with Gasteiger partial charge in [0.15, 0.2) is 0 Å². The van der Waals surface area contributed by atoms with Crippen LogP contribution in [-0.4, -0.2) is 18.0 Å². The van der Waals surface area contributed by atoms with Gasteiger partial charge in [-0.1, -0.05) is 69.9 Å². The van der Waals surface area contributed by atoms with Crippen molar-refractivity contribution >= 4 is 13.3 Å². The number of hydrogen-bond donors (Lipinski definition) is 0. The first-order chi connectivity index (χ1) is 19.4. The van der Waals surface area contributed by atoms with Gasteiger partial charge < -0.3 is 9.97 Å². The minimum absolute atomic E-state index is 0. The molecule has 0 spiro atoms. The molecule has 2 heterocycles. The van der Waals surface area contributed by atoms with E-state index in [1.807, 2.05) is 73.1 Å². The SMILES string of the molecule is C[Si](C)(C)c1ccc(-c2[c-]cccc2)nc1.[2H]C([2H])([2H])c1cccc2c1C(C)(C)c1cc(-c3[c-]cccc3)ncc1-2.[Ir]. The van der Waals surface area contributed by atoms with E-state index >= 15 is 0 Å². The monoisotopic (exact) mass is 706 g/mol. The molecule has 199 valence electrons. The number of nitrogens with zero attached hydrogens (tertiary/aromatic N) is 2. The van der Waals surface area contributed by atoms with Crippen molar-refractivity contribution < 1.29 is 24.2 Å². The number of aryl methyl sites for hydroxylation is 1. The van der Waals surface area contributed by atoms with Gasteiger partial charge in [-0.05, 0) is 45.7 Å². The Bertz CT molecular complexity index is 1660. The summed E-state index contributed by atoms with van der Waals surface area (Å²) in [5.74, 6) is 0. The first-order valence-electron chi connectivity index (χ1n) is 14.4. The smallest absolute Gasteiger partial charge is 0.0795 e. The molecule has 3 aromatic carbocycles. The molecular weight excluding hydrogens is 669 g/mol. The van der Waals surface area contributed by atoms with E-state index in [9.17, 15) is 0 Å². The van der Waals surface area contributed by atoms with E-state index in [4.69, 9.17) is 4.11 Å². The first-order valence-corrected chi connectivity index (χ1v) is 16.4. The molecule has 1 aliphatic rings. The van der Waals surface area contributed by atoms with Gasteiger partial charge in [0.05, 0.1) is 8.07 Å². The maximum Gasteiger partial charge on any atom is 0.0795 e.